The number of carboxylic acids is 1. The van der Waals surface area contributed by atoms with Crippen molar-refractivity contribution in [2.75, 3.05) is 13.2 Å². The van der Waals surface area contributed by atoms with Gasteiger partial charge in [-0.25, -0.2) is 0 Å². The van der Waals surface area contributed by atoms with Gasteiger partial charge in [0.2, 0.25) is 5.91 Å². The van der Waals surface area contributed by atoms with Gasteiger partial charge in [-0.15, -0.1) is 0 Å². The quantitative estimate of drug-likeness (QED) is 0.365. The molecule has 0 radical (unpaired) electrons. The Kier molecular flexibility index (Phi) is 9.94. The molecule has 2 saturated heterocycles. The van der Waals surface area contributed by atoms with Crippen molar-refractivity contribution >= 4 is 41.0 Å². The average Bonchev–Trinajstić information content (AvgIpc) is 3.13. The summed E-state index contributed by atoms with van der Waals surface area (Å²) in [5.41, 5.74) is 1.22. The highest BCUT2D eigenvalue weighted by atomic mass is 35.5. The van der Waals surface area contributed by atoms with Crippen molar-refractivity contribution in [2.24, 2.45) is 5.41 Å². The van der Waals surface area contributed by atoms with E-state index in [1.807, 2.05) is 24.0 Å². The SMILES string of the molecule is C.CC(c1ccc(C(=O)NCCC(=O)O)cc1)N1C(=O)C(c2cc(Cl)cc(Cl)c2)NC12CCOC(C(C)(C)C)C2. The van der Waals surface area contributed by atoms with Crippen molar-refractivity contribution in [2.45, 2.75) is 78.2 Å². The maximum Gasteiger partial charge on any atom is 0.305 e. The second-order valence-electron chi connectivity index (χ2n) is 11.4. The molecule has 0 bridgehead atoms. The molecule has 1 spiro atoms. The van der Waals surface area contributed by atoms with Crippen LogP contribution in [-0.4, -0.2) is 52.7 Å². The van der Waals surface area contributed by atoms with Gasteiger partial charge in [-0.2, -0.15) is 0 Å². The fourth-order valence-electron chi connectivity index (χ4n) is 5.47. The molecule has 218 valence electrons. The van der Waals surface area contributed by atoms with Crippen LogP contribution in [0.2, 0.25) is 10.0 Å². The Morgan fingerprint density at radius 2 is 1.80 bits per heavy atom. The molecule has 0 aromatic heterocycles. The second-order valence-corrected chi connectivity index (χ2v) is 12.3. The molecule has 2 aliphatic rings. The molecule has 8 nitrogen and oxygen atoms in total. The van der Waals surface area contributed by atoms with Crippen molar-refractivity contribution < 1.29 is 24.2 Å². The Hall–Kier alpha value is -2.65. The third-order valence-electron chi connectivity index (χ3n) is 7.57. The van der Waals surface area contributed by atoms with Gasteiger partial charge in [0, 0.05) is 35.0 Å². The molecular formula is C30H39Cl2N3O5. The molecule has 10 heteroatoms. The number of hydrogen-bond acceptors (Lipinski definition) is 5. The number of ether oxygens (including phenoxy) is 1. The Labute approximate surface area is 246 Å². The number of rotatable bonds is 7. The van der Waals surface area contributed by atoms with Crippen molar-refractivity contribution in [3.05, 3.63) is 69.2 Å². The number of nitrogens with one attached hydrogen (secondary N) is 2. The maximum atomic E-state index is 14.1. The number of benzene rings is 2. The molecular weight excluding hydrogens is 553 g/mol. The predicted molar refractivity (Wildman–Crippen MR) is 157 cm³/mol. The van der Waals surface area contributed by atoms with E-state index in [-0.39, 0.29) is 49.8 Å². The molecule has 2 aliphatic heterocycles. The Bertz CT molecular complexity index is 1230. The summed E-state index contributed by atoms with van der Waals surface area (Å²) in [5.74, 6) is -1.40. The summed E-state index contributed by atoms with van der Waals surface area (Å²) in [5, 5.41) is 16.0. The standard InChI is InChI=1S/C29H35Cl2N3O5.CH4/c1-17(18-5-7-19(8-6-18)26(37)32-11-9-24(35)36)34-27(38)25(20-13-21(30)15-22(31)14-20)33-29(34)10-12-39-23(16-29)28(2,3)4;/h5-8,13-15,17,23,25,33H,9-12,16H2,1-4H3,(H,32,37)(H,35,36);1H4. The van der Waals surface area contributed by atoms with Crippen LogP contribution >= 0.6 is 23.2 Å². The minimum atomic E-state index is -0.975. The van der Waals surface area contributed by atoms with Crippen LogP contribution in [0.1, 0.15) is 88.0 Å². The first-order valence-electron chi connectivity index (χ1n) is 13.1. The third kappa shape index (κ3) is 6.79. The molecule has 2 fully saturated rings. The van der Waals surface area contributed by atoms with E-state index in [1.165, 1.54) is 0 Å². The van der Waals surface area contributed by atoms with Crippen LogP contribution in [0.3, 0.4) is 0 Å². The maximum absolute atomic E-state index is 14.1. The van der Waals surface area contributed by atoms with E-state index >= 15 is 0 Å². The zero-order valence-corrected chi connectivity index (χ0v) is 24.1. The van der Waals surface area contributed by atoms with E-state index in [2.05, 4.69) is 31.4 Å². The van der Waals surface area contributed by atoms with Gasteiger partial charge in [0.05, 0.1) is 30.8 Å². The van der Waals surface area contributed by atoms with Crippen LogP contribution in [0.15, 0.2) is 42.5 Å². The first-order valence-corrected chi connectivity index (χ1v) is 13.8. The van der Waals surface area contributed by atoms with Crippen LogP contribution in [0.4, 0.5) is 0 Å². The Morgan fingerprint density at radius 3 is 2.38 bits per heavy atom. The van der Waals surface area contributed by atoms with Gasteiger partial charge in [0.25, 0.3) is 5.91 Å². The zero-order valence-electron chi connectivity index (χ0n) is 22.6. The normalized spacial score (nSPS) is 23.6. The van der Waals surface area contributed by atoms with Gasteiger partial charge in [0.1, 0.15) is 6.04 Å². The molecule has 2 aromatic carbocycles. The highest BCUT2D eigenvalue weighted by Gasteiger charge is 2.56. The molecule has 2 heterocycles. The van der Waals surface area contributed by atoms with Gasteiger partial charge in [-0.3, -0.25) is 19.7 Å². The predicted octanol–water partition coefficient (Wildman–Crippen LogP) is 5.99. The monoisotopic (exact) mass is 591 g/mol. The van der Waals surface area contributed by atoms with Crippen LogP contribution in [0.25, 0.3) is 0 Å². The van der Waals surface area contributed by atoms with E-state index in [1.54, 1.807) is 30.3 Å². The van der Waals surface area contributed by atoms with Crippen LogP contribution in [0, 0.1) is 5.41 Å². The zero-order chi connectivity index (χ0) is 28.5. The number of halogens is 2. The van der Waals surface area contributed by atoms with Crippen molar-refractivity contribution in [1.82, 2.24) is 15.5 Å². The van der Waals surface area contributed by atoms with Gasteiger partial charge in [0.15, 0.2) is 0 Å². The largest absolute Gasteiger partial charge is 0.481 e. The van der Waals surface area contributed by atoms with Gasteiger partial charge in [-0.05, 0) is 53.8 Å². The summed E-state index contributed by atoms with van der Waals surface area (Å²) in [6.45, 7) is 8.94. The number of carbonyl (C=O) groups is 3. The summed E-state index contributed by atoms with van der Waals surface area (Å²) in [6.07, 6.45) is 1.01. The first kappa shape index (κ1) is 31.9. The van der Waals surface area contributed by atoms with Crippen molar-refractivity contribution in [1.29, 1.82) is 0 Å². The Balaban J connectivity index is 0.00000441. The second kappa shape index (κ2) is 12.5. The lowest BCUT2D eigenvalue weighted by Crippen LogP contribution is -2.59. The lowest BCUT2D eigenvalue weighted by Gasteiger charge is -2.49. The molecule has 4 rings (SSSR count). The first-order chi connectivity index (χ1) is 18.3. The highest BCUT2D eigenvalue weighted by Crippen LogP contribution is 2.46. The third-order valence-corrected chi connectivity index (χ3v) is 8.00. The van der Waals surface area contributed by atoms with Crippen molar-refractivity contribution in [3.8, 4) is 0 Å². The van der Waals surface area contributed by atoms with Crippen LogP contribution in [-0.2, 0) is 14.3 Å². The van der Waals surface area contributed by atoms with E-state index < -0.39 is 17.7 Å². The number of hydrogen-bond donors (Lipinski definition) is 3. The number of carboxylic acid groups (broad SMARTS) is 1. The van der Waals surface area contributed by atoms with Crippen LogP contribution < -0.4 is 10.6 Å². The summed E-state index contributed by atoms with van der Waals surface area (Å²) in [7, 11) is 0. The number of nitrogens with zero attached hydrogens (tertiary/aromatic N) is 1. The average molecular weight is 593 g/mol. The molecule has 4 unspecified atom stereocenters. The summed E-state index contributed by atoms with van der Waals surface area (Å²) in [4.78, 5) is 39.2. The molecule has 2 aromatic rings. The van der Waals surface area contributed by atoms with E-state index in [0.29, 0.717) is 40.6 Å². The molecule has 40 heavy (non-hydrogen) atoms. The fourth-order valence-corrected chi connectivity index (χ4v) is 6.01. The van der Waals surface area contributed by atoms with Gasteiger partial charge >= 0.3 is 5.97 Å². The van der Waals surface area contributed by atoms with E-state index in [9.17, 15) is 14.4 Å². The molecule has 4 atom stereocenters. The molecule has 2 amide bonds. The fraction of sp³-hybridized carbons (Fsp3) is 0.500. The summed E-state index contributed by atoms with van der Waals surface area (Å²) >= 11 is 12.6. The van der Waals surface area contributed by atoms with E-state index in [4.69, 9.17) is 33.0 Å². The van der Waals surface area contributed by atoms with Crippen LogP contribution in [0.5, 0.6) is 0 Å². The number of aliphatic carboxylic acids is 1. The Morgan fingerprint density at radius 1 is 1.18 bits per heavy atom. The number of carbonyl (C=O) groups excluding carboxylic acids is 2. The smallest absolute Gasteiger partial charge is 0.305 e. The van der Waals surface area contributed by atoms with Gasteiger partial charge < -0.3 is 20.1 Å². The topological polar surface area (TPSA) is 108 Å². The summed E-state index contributed by atoms with van der Waals surface area (Å²) < 4.78 is 6.17. The summed E-state index contributed by atoms with van der Waals surface area (Å²) in [6, 6.07) is 11.3. The minimum Gasteiger partial charge on any atom is -0.481 e. The molecule has 0 saturated carbocycles. The minimum absolute atomic E-state index is 0. The number of amides is 2. The van der Waals surface area contributed by atoms with Crippen molar-refractivity contribution in [3.63, 3.8) is 0 Å². The molecule has 0 aliphatic carbocycles. The lowest BCUT2D eigenvalue weighted by atomic mass is 9.80. The highest BCUT2D eigenvalue weighted by molar-refractivity contribution is 6.34. The lowest BCUT2D eigenvalue weighted by molar-refractivity contribution is -0.147. The van der Waals surface area contributed by atoms with E-state index in [0.717, 1.165) is 5.56 Å². The molecule has 3 N–H and O–H groups in total. The van der Waals surface area contributed by atoms with Gasteiger partial charge in [-0.1, -0.05) is 63.5 Å².